The van der Waals surface area contributed by atoms with Crippen molar-refractivity contribution in [1.29, 1.82) is 0 Å². The fourth-order valence-corrected chi connectivity index (χ4v) is 1.43. The van der Waals surface area contributed by atoms with Gasteiger partial charge in [0, 0.05) is 19.8 Å². The zero-order valence-corrected chi connectivity index (χ0v) is 10.0. The third-order valence-electron chi connectivity index (χ3n) is 2.40. The topological polar surface area (TPSA) is 28.0 Å². The van der Waals surface area contributed by atoms with Crippen LogP contribution in [0.25, 0.3) is 0 Å². The number of hydrogen-bond acceptors (Lipinski definition) is 3. The van der Waals surface area contributed by atoms with Gasteiger partial charge in [-0.3, -0.25) is 0 Å². The Bertz CT molecular complexity index is 487. The summed E-state index contributed by atoms with van der Waals surface area (Å²) in [7, 11) is 4.03. The molecule has 3 heteroatoms. The average molecular weight is 224 g/mol. The summed E-state index contributed by atoms with van der Waals surface area (Å²) in [6, 6.07) is 17.7. The minimum atomic E-state index is 0.861. The SMILES string of the molecule is CN(C)c1ccc([13N]=Nc2ccccc2)cc1. The molecule has 2 aromatic rings. The molecule has 0 N–H and O–H groups in total. The fraction of sp³-hybridized carbons (Fsp3) is 0.143. The van der Waals surface area contributed by atoms with E-state index in [9.17, 15) is 0 Å². The van der Waals surface area contributed by atoms with Gasteiger partial charge in [0.25, 0.3) is 0 Å². The van der Waals surface area contributed by atoms with Gasteiger partial charge in [0.05, 0.1) is 11.4 Å². The van der Waals surface area contributed by atoms with E-state index in [1.807, 2.05) is 68.7 Å². The molecule has 86 valence electrons. The average Bonchev–Trinajstić information content (AvgIpc) is 2.38. The molecule has 3 nitrogen and oxygen atoms in total. The first-order chi connectivity index (χ1) is 8.25. The van der Waals surface area contributed by atoms with E-state index in [0.717, 1.165) is 17.1 Å². The molecule has 0 unspecified atom stereocenters. The van der Waals surface area contributed by atoms with E-state index >= 15 is 0 Å². The van der Waals surface area contributed by atoms with Crippen molar-refractivity contribution in [2.24, 2.45) is 10.2 Å². The van der Waals surface area contributed by atoms with Gasteiger partial charge < -0.3 is 4.90 Å². The van der Waals surface area contributed by atoms with Crippen LogP contribution in [0.15, 0.2) is 64.8 Å². The third kappa shape index (κ3) is 3.14. The number of azo groups is 1. The Hall–Kier alpha value is -2.16. The van der Waals surface area contributed by atoms with Crippen molar-refractivity contribution < 1.29 is 0 Å². The summed E-state index contributed by atoms with van der Waals surface area (Å²) in [5, 5.41) is 8.35. The number of hydrogen-bond donors (Lipinski definition) is 0. The largest absolute Gasteiger partial charge is 0.378 e. The third-order valence-corrected chi connectivity index (χ3v) is 2.40. The highest BCUT2D eigenvalue weighted by atomic mass is 15.1. The Kier molecular flexibility index (Phi) is 3.50. The second-order valence-electron chi connectivity index (χ2n) is 3.95. The summed E-state index contributed by atoms with van der Waals surface area (Å²) in [5.74, 6) is 0. The van der Waals surface area contributed by atoms with Crippen LogP contribution in [0, 0.1) is 0 Å². The zero-order chi connectivity index (χ0) is 12.1. The molecule has 0 saturated carbocycles. The van der Waals surface area contributed by atoms with Gasteiger partial charge in [0.15, 0.2) is 0 Å². The Labute approximate surface area is 101 Å². The molecule has 0 aliphatic carbocycles. The van der Waals surface area contributed by atoms with Gasteiger partial charge in [-0.05, 0) is 36.4 Å². The standard InChI is InChI=1S/C14H15N3/c1-17(2)14-10-8-13(9-11-14)16-15-12-6-4-3-5-7-12/h3-11H,1-2H3/i16-1. The van der Waals surface area contributed by atoms with Crippen LogP contribution in [0.3, 0.4) is 0 Å². The molecular weight excluding hydrogens is 209 g/mol. The Morgan fingerprint density at radius 2 is 1.53 bits per heavy atom. The van der Waals surface area contributed by atoms with Gasteiger partial charge in [-0.25, -0.2) is 0 Å². The van der Waals surface area contributed by atoms with Crippen LogP contribution < -0.4 is 4.90 Å². The number of nitrogens with zero attached hydrogens (tertiary/aromatic N) is 3. The molecule has 0 saturated heterocycles. The second-order valence-corrected chi connectivity index (χ2v) is 3.95. The normalized spacial score (nSPS) is 10.7. The zero-order valence-electron chi connectivity index (χ0n) is 10.0. The summed E-state index contributed by atoms with van der Waals surface area (Å²) < 4.78 is 0. The lowest BCUT2D eigenvalue weighted by molar-refractivity contribution is 1.13. The van der Waals surface area contributed by atoms with Crippen LogP contribution >= 0.6 is 0 Å². The molecule has 2 rings (SSSR count). The molecule has 0 amide bonds. The molecule has 17 heavy (non-hydrogen) atoms. The van der Waals surface area contributed by atoms with Crippen LogP contribution in [-0.2, 0) is 0 Å². The first-order valence-electron chi connectivity index (χ1n) is 5.50. The second kappa shape index (κ2) is 5.25. The molecule has 2 aromatic carbocycles. The molecule has 0 aromatic heterocycles. The van der Waals surface area contributed by atoms with E-state index < -0.39 is 0 Å². The number of rotatable bonds is 3. The summed E-state index contributed by atoms with van der Waals surface area (Å²) in [5.41, 5.74) is 2.88. The Morgan fingerprint density at radius 3 is 2.12 bits per heavy atom. The van der Waals surface area contributed by atoms with Crippen molar-refractivity contribution >= 4 is 17.1 Å². The lowest BCUT2D eigenvalue weighted by atomic mass is 10.2. The summed E-state index contributed by atoms with van der Waals surface area (Å²) in [6.07, 6.45) is 0. The van der Waals surface area contributed by atoms with Crippen molar-refractivity contribution in [3.63, 3.8) is 0 Å². The summed E-state index contributed by atoms with van der Waals surface area (Å²) >= 11 is 0. The highest BCUT2D eigenvalue weighted by molar-refractivity contribution is 5.51. The number of benzene rings is 2. The van der Waals surface area contributed by atoms with E-state index in [0.29, 0.717) is 0 Å². The quantitative estimate of drug-likeness (QED) is 0.719. The molecule has 0 aliphatic rings. The number of anilines is 1. The lowest BCUT2D eigenvalue weighted by Crippen LogP contribution is -2.07. The van der Waals surface area contributed by atoms with Crippen LogP contribution in [0.5, 0.6) is 0 Å². The van der Waals surface area contributed by atoms with E-state index in [-0.39, 0.29) is 0 Å². The van der Waals surface area contributed by atoms with Crippen LogP contribution in [-0.4, -0.2) is 14.1 Å². The lowest BCUT2D eigenvalue weighted by Gasteiger charge is -2.11. The van der Waals surface area contributed by atoms with Crippen molar-refractivity contribution in [2.75, 3.05) is 19.0 Å². The monoisotopic (exact) mass is 224 g/mol. The van der Waals surface area contributed by atoms with Crippen molar-refractivity contribution in [1.82, 2.24) is 0 Å². The molecule has 0 aliphatic heterocycles. The van der Waals surface area contributed by atoms with Crippen LogP contribution in [0.1, 0.15) is 0 Å². The van der Waals surface area contributed by atoms with Crippen LogP contribution in [0.4, 0.5) is 17.1 Å². The van der Waals surface area contributed by atoms with Crippen LogP contribution in [0.2, 0.25) is 0 Å². The maximum absolute atomic E-state index is 4.18. The van der Waals surface area contributed by atoms with Gasteiger partial charge in [0.2, 0.25) is 0 Å². The fourth-order valence-electron chi connectivity index (χ4n) is 1.43. The predicted octanol–water partition coefficient (Wildman–Crippen LogP) is 4.17. The molecule has 0 atom stereocenters. The van der Waals surface area contributed by atoms with E-state index in [1.165, 1.54) is 0 Å². The highest BCUT2D eigenvalue weighted by Crippen LogP contribution is 2.20. The van der Waals surface area contributed by atoms with Crippen molar-refractivity contribution in [2.45, 2.75) is 0 Å². The van der Waals surface area contributed by atoms with Gasteiger partial charge in [0.1, 0.15) is 0 Å². The summed E-state index contributed by atoms with van der Waals surface area (Å²) in [4.78, 5) is 2.05. The van der Waals surface area contributed by atoms with Gasteiger partial charge in [-0.2, -0.15) is 10.2 Å². The maximum Gasteiger partial charge on any atom is 0.0858 e. The molecule has 0 spiro atoms. The molecule has 0 bridgehead atoms. The minimum Gasteiger partial charge on any atom is -0.378 e. The minimum absolute atomic E-state index is 0.861. The molecule has 0 fully saturated rings. The van der Waals surface area contributed by atoms with Gasteiger partial charge in [-0.15, -0.1) is 0 Å². The Morgan fingerprint density at radius 1 is 0.882 bits per heavy atom. The van der Waals surface area contributed by atoms with E-state index in [1.54, 1.807) is 0 Å². The molecular formula is C14H15N3. The smallest absolute Gasteiger partial charge is 0.0858 e. The molecule has 0 heterocycles. The van der Waals surface area contributed by atoms with Gasteiger partial charge >= 0.3 is 0 Å². The Balaban J connectivity index is 2.12. The predicted molar refractivity (Wildman–Crippen MR) is 71.4 cm³/mol. The van der Waals surface area contributed by atoms with E-state index in [4.69, 9.17) is 0 Å². The summed E-state index contributed by atoms with van der Waals surface area (Å²) in [6.45, 7) is 0. The van der Waals surface area contributed by atoms with Crippen molar-refractivity contribution in [3.8, 4) is 0 Å². The van der Waals surface area contributed by atoms with Crippen molar-refractivity contribution in [3.05, 3.63) is 54.6 Å². The van der Waals surface area contributed by atoms with Gasteiger partial charge in [-0.1, -0.05) is 18.2 Å². The van der Waals surface area contributed by atoms with E-state index in [2.05, 4.69) is 15.1 Å². The first-order valence-corrected chi connectivity index (χ1v) is 5.50. The highest BCUT2D eigenvalue weighted by Gasteiger charge is 1.94. The molecule has 0 radical (unpaired) electrons. The maximum atomic E-state index is 4.18. The first kappa shape index (κ1) is 11.3.